The molecule has 116 valence electrons. The summed E-state index contributed by atoms with van der Waals surface area (Å²) in [5.74, 6) is -2.96. The van der Waals surface area contributed by atoms with Gasteiger partial charge >= 0.3 is 5.97 Å². The van der Waals surface area contributed by atoms with Gasteiger partial charge in [-0.3, -0.25) is 9.59 Å². The Morgan fingerprint density at radius 2 is 2.00 bits per heavy atom. The number of carbonyl (C=O) groups is 2. The highest BCUT2D eigenvalue weighted by atomic mass is 32.2. The first-order chi connectivity index (χ1) is 9.03. The Morgan fingerprint density at radius 1 is 1.40 bits per heavy atom. The van der Waals surface area contributed by atoms with Crippen molar-refractivity contribution < 1.29 is 31.5 Å². The molecule has 0 aromatic heterocycles. The van der Waals surface area contributed by atoms with Gasteiger partial charge in [0.15, 0.2) is 9.84 Å². The van der Waals surface area contributed by atoms with Crippen molar-refractivity contribution in [3.8, 4) is 0 Å². The number of hydrogen-bond donors (Lipinski definition) is 3. The van der Waals surface area contributed by atoms with Crippen LogP contribution < -0.4 is 10.5 Å². The SMILES string of the molecule is NC(=O)CC[C@@H](NS(=O)(=O)C1CCS(=O)(=O)C1)C(=O)O. The number of nitrogens with one attached hydrogen (secondary N) is 1. The normalized spacial score (nSPS) is 23.3. The Hall–Kier alpha value is -1.20. The minimum absolute atomic E-state index is 0.0696. The molecule has 0 aromatic rings. The lowest BCUT2D eigenvalue weighted by molar-refractivity contribution is -0.139. The summed E-state index contributed by atoms with van der Waals surface area (Å²) in [6.45, 7) is 0. The average Bonchev–Trinajstić information content (AvgIpc) is 2.65. The second kappa shape index (κ2) is 6.06. The first kappa shape index (κ1) is 16.9. The molecule has 1 saturated heterocycles. The van der Waals surface area contributed by atoms with Crippen molar-refractivity contribution in [2.24, 2.45) is 5.73 Å². The first-order valence-corrected chi connectivity index (χ1v) is 9.13. The van der Waals surface area contributed by atoms with E-state index in [0.717, 1.165) is 0 Å². The van der Waals surface area contributed by atoms with Crippen molar-refractivity contribution in [1.82, 2.24) is 4.72 Å². The lowest BCUT2D eigenvalue weighted by Crippen LogP contribution is -2.45. The predicted molar refractivity (Wildman–Crippen MR) is 69.0 cm³/mol. The summed E-state index contributed by atoms with van der Waals surface area (Å²) in [4.78, 5) is 21.5. The molecule has 11 heteroatoms. The van der Waals surface area contributed by atoms with Crippen molar-refractivity contribution in [2.75, 3.05) is 11.5 Å². The van der Waals surface area contributed by atoms with Gasteiger partial charge in [-0.05, 0) is 12.8 Å². The van der Waals surface area contributed by atoms with E-state index in [9.17, 15) is 26.4 Å². The lowest BCUT2D eigenvalue weighted by Gasteiger charge is -2.17. The largest absolute Gasteiger partial charge is 0.480 e. The third-order valence-corrected chi connectivity index (χ3v) is 6.79. The van der Waals surface area contributed by atoms with Gasteiger partial charge in [0.2, 0.25) is 15.9 Å². The van der Waals surface area contributed by atoms with Gasteiger partial charge in [0.25, 0.3) is 0 Å². The minimum atomic E-state index is -4.09. The van der Waals surface area contributed by atoms with E-state index in [1.807, 2.05) is 4.72 Å². The Bertz CT molecular complexity index is 596. The molecule has 2 atom stereocenters. The van der Waals surface area contributed by atoms with E-state index in [1.54, 1.807) is 0 Å². The van der Waals surface area contributed by atoms with E-state index < -0.39 is 48.8 Å². The minimum Gasteiger partial charge on any atom is -0.480 e. The van der Waals surface area contributed by atoms with Crippen LogP contribution >= 0.6 is 0 Å². The molecule has 1 aliphatic heterocycles. The van der Waals surface area contributed by atoms with E-state index in [-0.39, 0.29) is 25.0 Å². The third kappa shape index (κ3) is 4.72. The molecular weight excluding hydrogens is 312 g/mol. The van der Waals surface area contributed by atoms with Crippen molar-refractivity contribution in [2.45, 2.75) is 30.6 Å². The van der Waals surface area contributed by atoms with Crippen LogP contribution in [0.25, 0.3) is 0 Å². The number of carbonyl (C=O) groups excluding carboxylic acids is 1. The van der Waals surface area contributed by atoms with Gasteiger partial charge in [-0.2, -0.15) is 0 Å². The zero-order valence-electron chi connectivity index (χ0n) is 10.5. The van der Waals surface area contributed by atoms with Crippen LogP contribution in [0.3, 0.4) is 0 Å². The zero-order chi connectivity index (χ0) is 15.6. The Morgan fingerprint density at radius 3 is 2.40 bits per heavy atom. The monoisotopic (exact) mass is 328 g/mol. The molecule has 0 aliphatic carbocycles. The molecule has 1 aliphatic rings. The van der Waals surface area contributed by atoms with Gasteiger partial charge in [0.05, 0.1) is 16.8 Å². The van der Waals surface area contributed by atoms with Gasteiger partial charge in [0, 0.05) is 6.42 Å². The van der Waals surface area contributed by atoms with E-state index in [0.29, 0.717) is 0 Å². The molecule has 9 nitrogen and oxygen atoms in total. The molecule has 20 heavy (non-hydrogen) atoms. The van der Waals surface area contributed by atoms with Gasteiger partial charge in [0.1, 0.15) is 6.04 Å². The fraction of sp³-hybridized carbons (Fsp3) is 0.778. The summed E-state index contributed by atoms with van der Waals surface area (Å²) < 4.78 is 48.3. The number of sulfonamides is 1. The summed E-state index contributed by atoms with van der Waals surface area (Å²) in [5.41, 5.74) is 4.87. The summed E-state index contributed by atoms with van der Waals surface area (Å²) in [6, 6.07) is -1.50. The molecule has 0 saturated carbocycles. The van der Waals surface area contributed by atoms with Crippen LogP contribution in [0.2, 0.25) is 0 Å². The van der Waals surface area contributed by atoms with E-state index >= 15 is 0 Å². The number of rotatable bonds is 7. The molecule has 0 spiro atoms. The molecule has 1 rings (SSSR count). The number of nitrogens with two attached hydrogens (primary N) is 1. The highest BCUT2D eigenvalue weighted by molar-refractivity contribution is 7.95. The smallest absolute Gasteiger partial charge is 0.321 e. The number of aliphatic carboxylic acids is 1. The fourth-order valence-electron chi connectivity index (χ4n) is 1.82. The molecule has 0 radical (unpaired) electrons. The Kier molecular flexibility index (Phi) is 5.10. The molecule has 4 N–H and O–H groups in total. The zero-order valence-corrected chi connectivity index (χ0v) is 12.1. The maximum absolute atomic E-state index is 11.9. The van der Waals surface area contributed by atoms with Gasteiger partial charge in [-0.15, -0.1) is 0 Å². The van der Waals surface area contributed by atoms with Crippen LogP contribution in [0, 0.1) is 0 Å². The topological polar surface area (TPSA) is 161 Å². The van der Waals surface area contributed by atoms with E-state index in [4.69, 9.17) is 10.8 Å². The quantitative estimate of drug-likeness (QED) is 0.478. The summed E-state index contributed by atoms with van der Waals surface area (Å²) in [7, 11) is -7.49. The highest BCUT2D eigenvalue weighted by Gasteiger charge is 2.39. The number of carboxylic acid groups (broad SMARTS) is 1. The Labute approximate surface area is 116 Å². The number of hydrogen-bond acceptors (Lipinski definition) is 6. The molecule has 1 amide bonds. The standard InChI is InChI=1S/C9H16N2O7S2/c10-8(12)2-1-7(9(13)14)11-20(17,18)6-3-4-19(15,16)5-6/h6-7,11H,1-5H2,(H2,10,12)(H,13,14)/t6?,7-/m1/s1. The average molecular weight is 328 g/mol. The summed E-state index contributed by atoms with van der Waals surface area (Å²) in [6.07, 6.45) is -0.647. The third-order valence-electron chi connectivity index (χ3n) is 2.91. The van der Waals surface area contributed by atoms with E-state index in [1.165, 1.54) is 0 Å². The van der Waals surface area contributed by atoms with E-state index in [2.05, 4.69) is 0 Å². The second-order valence-corrected chi connectivity index (χ2v) is 8.80. The summed E-state index contributed by atoms with van der Waals surface area (Å²) in [5, 5.41) is 7.73. The number of primary amides is 1. The highest BCUT2D eigenvalue weighted by Crippen LogP contribution is 2.19. The molecular formula is C9H16N2O7S2. The number of amides is 1. The number of carboxylic acids is 1. The Balaban J connectivity index is 2.77. The predicted octanol–water partition coefficient (Wildman–Crippen LogP) is -2.19. The van der Waals surface area contributed by atoms with Gasteiger partial charge < -0.3 is 10.8 Å². The number of sulfone groups is 1. The molecule has 0 aromatic carbocycles. The lowest BCUT2D eigenvalue weighted by atomic mass is 10.2. The maximum atomic E-state index is 11.9. The molecule has 1 fully saturated rings. The first-order valence-electron chi connectivity index (χ1n) is 5.76. The maximum Gasteiger partial charge on any atom is 0.321 e. The molecule has 0 bridgehead atoms. The van der Waals surface area contributed by atoms with Crippen LogP contribution in [0.5, 0.6) is 0 Å². The summed E-state index contributed by atoms with van der Waals surface area (Å²) >= 11 is 0. The van der Waals surface area contributed by atoms with Crippen LogP contribution in [0.15, 0.2) is 0 Å². The van der Waals surface area contributed by atoms with Crippen LogP contribution in [0.1, 0.15) is 19.3 Å². The van der Waals surface area contributed by atoms with Crippen LogP contribution in [-0.4, -0.2) is 56.6 Å². The fourth-order valence-corrected chi connectivity index (χ4v) is 6.09. The van der Waals surface area contributed by atoms with Crippen LogP contribution in [-0.2, 0) is 29.4 Å². The van der Waals surface area contributed by atoms with Crippen molar-refractivity contribution in [1.29, 1.82) is 0 Å². The van der Waals surface area contributed by atoms with Gasteiger partial charge in [-0.25, -0.2) is 21.6 Å². The van der Waals surface area contributed by atoms with Crippen molar-refractivity contribution in [3.05, 3.63) is 0 Å². The second-order valence-electron chi connectivity index (χ2n) is 4.58. The molecule has 1 unspecified atom stereocenters. The van der Waals surface area contributed by atoms with Gasteiger partial charge in [-0.1, -0.05) is 0 Å². The van der Waals surface area contributed by atoms with Crippen LogP contribution in [0.4, 0.5) is 0 Å². The molecule has 1 heterocycles. The van der Waals surface area contributed by atoms with Crippen molar-refractivity contribution >= 4 is 31.7 Å². The van der Waals surface area contributed by atoms with Crippen molar-refractivity contribution in [3.63, 3.8) is 0 Å².